The Hall–Kier alpha value is -1.98. The smallest absolute Gasteiger partial charge is 0.117 e. The van der Waals surface area contributed by atoms with Crippen molar-refractivity contribution in [3.8, 4) is 22.9 Å². The summed E-state index contributed by atoms with van der Waals surface area (Å²) in [5.74, 6) is 0.131. The molecule has 0 heterocycles. The number of aromatic hydroxyl groups is 1. The number of hydrogen-bond donors (Lipinski definition) is 1. The first-order valence-electron chi connectivity index (χ1n) is 4.69. The van der Waals surface area contributed by atoms with E-state index < -0.39 is 0 Å². The Morgan fingerprint density at radius 3 is 2.25 bits per heavy atom. The summed E-state index contributed by atoms with van der Waals surface area (Å²) in [6, 6.07) is 14.0. The van der Waals surface area contributed by atoms with Crippen molar-refractivity contribution in [3.05, 3.63) is 53.1 Å². The molecule has 0 saturated heterocycles. The molecule has 0 aromatic heterocycles. The normalized spacial score (nSPS) is 9.75. The molecule has 2 aromatic rings. The topological polar surface area (TPSA) is 44.0 Å². The summed E-state index contributed by atoms with van der Waals surface area (Å²) in [5.41, 5.74) is 2.35. The molecule has 0 amide bonds. The van der Waals surface area contributed by atoms with Crippen LogP contribution in [0.1, 0.15) is 5.56 Å². The molecule has 0 saturated carbocycles. The van der Waals surface area contributed by atoms with Crippen LogP contribution in [0, 0.1) is 11.3 Å². The number of nitriles is 1. The molecular weight excluding hydrogens is 222 g/mol. The summed E-state index contributed by atoms with van der Waals surface area (Å²) < 4.78 is 0. The van der Waals surface area contributed by atoms with Crippen molar-refractivity contribution in [3.63, 3.8) is 0 Å². The lowest BCUT2D eigenvalue weighted by Gasteiger charge is -2.03. The van der Waals surface area contributed by atoms with E-state index in [-0.39, 0.29) is 5.75 Å². The van der Waals surface area contributed by atoms with Gasteiger partial charge in [-0.15, -0.1) is 0 Å². The number of halogens is 1. The second-order valence-electron chi connectivity index (χ2n) is 3.39. The Bertz CT molecular complexity index is 535. The van der Waals surface area contributed by atoms with Gasteiger partial charge < -0.3 is 5.11 Å². The van der Waals surface area contributed by atoms with Gasteiger partial charge in [-0.05, 0) is 41.5 Å². The van der Waals surface area contributed by atoms with Gasteiger partial charge >= 0.3 is 0 Å². The fourth-order valence-electron chi connectivity index (χ4n) is 1.48. The molecule has 0 spiro atoms. The molecule has 1 N–H and O–H groups in total. The SMILES string of the molecule is N#Cc1ccc(-c2cc(O)cc(Cl)c2)cc1. The van der Waals surface area contributed by atoms with E-state index in [0.717, 1.165) is 11.1 Å². The van der Waals surface area contributed by atoms with E-state index in [2.05, 4.69) is 6.07 Å². The Morgan fingerprint density at radius 1 is 1.00 bits per heavy atom. The molecule has 0 atom stereocenters. The molecule has 2 rings (SSSR count). The lowest BCUT2D eigenvalue weighted by Crippen LogP contribution is -1.79. The third-order valence-electron chi connectivity index (χ3n) is 2.23. The van der Waals surface area contributed by atoms with E-state index in [0.29, 0.717) is 10.6 Å². The van der Waals surface area contributed by atoms with Crippen molar-refractivity contribution < 1.29 is 5.11 Å². The maximum Gasteiger partial charge on any atom is 0.117 e. The average Bonchev–Trinajstić information content (AvgIpc) is 2.28. The Balaban J connectivity index is 2.47. The highest BCUT2D eigenvalue weighted by Crippen LogP contribution is 2.27. The van der Waals surface area contributed by atoms with Crippen molar-refractivity contribution >= 4 is 11.6 Å². The van der Waals surface area contributed by atoms with Crippen LogP contribution in [0.25, 0.3) is 11.1 Å². The number of phenols is 1. The number of benzene rings is 2. The van der Waals surface area contributed by atoms with E-state index in [1.165, 1.54) is 6.07 Å². The zero-order valence-corrected chi connectivity index (χ0v) is 9.07. The minimum absolute atomic E-state index is 0.131. The second-order valence-corrected chi connectivity index (χ2v) is 3.82. The third-order valence-corrected chi connectivity index (χ3v) is 2.45. The average molecular weight is 230 g/mol. The zero-order valence-electron chi connectivity index (χ0n) is 8.31. The summed E-state index contributed by atoms with van der Waals surface area (Å²) in [4.78, 5) is 0. The predicted octanol–water partition coefficient (Wildman–Crippen LogP) is 3.58. The Morgan fingerprint density at radius 2 is 1.69 bits per heavy atom. The van der Waals surface area contributed by atoms with Crippen LogP contribution in [-0.2, 0) is 0 Å². The molecule has 0 bridgehead atoms. The molecule has 2 aromatic carbocycles. The monoisotopic (exact) mass is 229 g/mol. The number of rotatable bonds is 1. The van der Waals surface area contributed by atoms with E-state index in [1.54, 1.807) is 24.3 Å². The maximum atomic E-state index is 9.42. The third kappa shape index (κ3) is 2.16. The van der Waals surface area contributed by atoms with E-state index in [1.807, 2.05) is 12.1 Å². The maximum absolute atomic E-state index is 9.42. The molecule has 0 aliphatic heterocycles. The van der Waals surface area contributed by atoms with Gasteiger partial charge in [0.2, 0.25) is 0 Å². The van der Waals surface area contributed by atoms with Crippen LogP contribution < -0.4 is 0 Å². The van der Waals surface area contributed by atoms with Gasteiger partial charge in [-0.3, -0.25) is 0 Å². The van der Waals surface area contributed by atoms with Crippen LogP contribution in [-0.4, -0.2) is 5.11 Å². The van der Waals surface area contributed by atoms with Crippen LogP contribution in [0.3, 0.4) is 0 Å². The highest BCUT2D eigenvalue weighted by atomic mass is 35.5. The van der Waals surface area contributed by atoms with Gasteiger partial charge in [-0.1, -0.05) is 23.7 Å². The lowest BCUT2D eigenvalue weighted by molar-refractivity contribution is 0.475. The second kappa shape index (κ2) is 4.26. The Kier molecular flexibility index (Phi) is 2.80. The van der Waals surface area contributed by atoms with Crippen molar-refractivity contribution in [2.24, 2.45) is 0 Å². The molecule has 3 heteroatoms. The first-order valence-corrected chi connectivity index (χ1v) is 5.07. The lowest BCUT2D eigenvalue weighted by atomic mass is 10.0. The van der Waals surface area contributed by atoms with E-state index in [9.17, 15) is 5.11 Å². The number of hydrogen-bond acceptors (Lipinski definition) is 2. The standard InChI is InChI=1S/C13H8ClNO/c14-12-5-11(6-13(16)7-12)10-3-1-9(8-15)2-4-10/h1-7,16H. The summed E-state index contributed by atoms with van der Waals surface area (Å²) in [6.45, 7) is 0. The highest BCUT2D eigenvalue weighted by molar-refractivity contribution is 6.31. The van der Waals surface area contributed by atoms with Gasteiger partial charge in [0.15, 0.2) is 0 Å². The van der Waals surface area contributed by atoms with Crippen LogP contribution in [0.15, 0.2) is 42.5 Å². The van der Waals surface area contributed by atoms with Gasteiger partial charge in [-0.2, -0.15) is 5.26 Å². The number of nitrogens with zero attached hydrogens (tertiary/aromatic N) is 1. The molecular formula is C13H8ClNO. The van der Waals surface area contributed by atoms with E-state index in [4.69, 9.17) is 16.9 Å². The van der Waals surface area contributed by atoms with Gasteiger partial charge in [0.25, 0.3) is 0 Å². The molecule has 2 nitrogen and oxygen atoms in total. The van der Waals surface area contributed by atoms with Crippen molar-refractivity contribution in [2.75, 3.05) is 0 Å². The summed E-state index contributed by atoms with van der Waals surface area (Å²) in [6.07, 6.45) is 0. The summed E-state index contributed by atoms with van der Waals surface area (Å²) >= 11 is 5.85. The first-order chi connectivity index (χ1) is 7.69. The van der Waals surface area contributed by atoms with Crippen molar-refractivity contribution in [1.29, 1.82) is 5.26 Å². The quantitative estimate of drug-likeness (QED) is 0.812. The molecule has 0 radical (unpaired) electrons. The van der Waals surface area contributed by atoms with Gasteiger partial charge in [-0.25, -0.2) is 0 Å². The molecule has 0 fully saturated rings. The highest BCUT2D eigenvalue weighted by Gasteiger charge is 2.01. The van der Waals surface area contributed by atoms with Crippen molar-refractivity contribution in [1.82, 2.24) is 0 Å². The van der Waals surface area contributed by atoms with Crippen molar-refractivity contribution in [2.45, 2.75) is 0 Å². The van der Waals surface area contributed by atoms with Gasteiger partial charge in [0.05, 0.1) is 11.6 Å². The molecule has 78 valence electrons. The fraction of sp³-hybridized carbons (Fsp3) is 0. The largest absolute Gasteiger partial charge is 0.508 e. The summed E-state index contributed by atoms with van der Waals surface area (Å²) in [5, 5.41) is 18.6. The van der Waals surface area contributed by atoms with Crippen LogP contribution >= 0.6 is 11.6 Å². The molecule has 0 aliphatic carbocycles. The minimum Gasteiger partial charge on any atom is -0.508 e. The van der Waals surface area contributed by atoms with Gasteiger partial charge in [0.1, 0.15) is 5.75 Å². The number of phenolic OH excluding ortho intramolecular Hbond substituents is 1. The first kappa shape index (κ1) is 10.5. The fourth-order valence-corrected chi connectivity index (χ4v) is 1.71. The van der Waals surface area contributed by atoms with Gasteiger partial charge in [0, 0.05) is 5.02 Å². The van der Waals surface area contributed by atoms with E-state index >= 15 is 0 Å². The minimum atomic E-state index is 0.131. The summed E-state index contributed by atoms with van der Waals surface area (Å²) in [7, 11) is 0. The van der Waals surface area contributed by atoms with Crippen LogP contribution in [0.2, 0.25) is 5.02 Å². The molecule has 0 aliphatic rings. The predicted molar refractivity (Wildman–Crippen MR) is 63.3 cm³/mol. The zero-order chi connectivity index (χ0) is 11.5. The van der Waals surface area contributed by atoms with Crippen LogP contribution in [0.4, 0.5) is 0 Å². The Labute approximate surface area is 98.3 Å². The molecule has 16 heavy (non-hydrogen) atoms. The van der Waals surface area contributed by atoms with Crippen LogP contribution in [0.5, 0.6) is 5.75 Å². The molecule has 0 unspecified atom stereocenters.